The molecule has 26 heavy (non-hydrogen) atoms. The molecule has 1 N–H and O–H groups in total. The molecule has 0 bridgehead atoms. The van der Waals surface area contributed by atoms with Gasteiger partial charge in [-0.25, -0.2) is 4.98 Å². The first-order chi connectivity index (χ1) is 12.2. The predicted molar refractivity (Wildman–Crippen MR) is 93.7 cm³/mol. The summed E-state index contributed by atoms with van der Waals surface area (Å²) in [5.41, 5.74) is 0.835. The third kappa shape index (κ3) is 3.39. The predicted octanol–water partition coefficient (Wildman–Crippen LogP) is 5.13. The fourth-order valence-electron chi connectivity index (χ4n) is 2.73. The van der Waals surface area contributed by atoms with Crippen LogP contribution in [-0.2, 0) is 12.6 Å². The highest BCUT2D eigenvalue weighted by molar-refractivity contribution is 6.30. The number of alkyl halides is 3. The molecule has 8 heteroatoms. The van der Waals surface area contributed by atoms with Gasteiger partial charge in [-0.3, -0.25) is 9.20 Å². The average Bonchev–Trinajstić information content (AvgIpc) is 2.93. The molecule has 0 atom stereocenters. The summed E-state index contributed by atoms with van der Waals surface area (Å²) in [6, 6.07) is 6.84. The second-order valence-corrected chi connectivity index (χ2v) is 6.27. The summed E-state index contributed by atoms with van der Waals surface area (Å²) in [5, 5.41) is 2.29. The normalized spacial score (nSPS) is 11.8. The molecule has 136 valence electrons. The maximum Gasteiger partial charge on any atom is 0.418 e. The van der Waals surface area contributed by atoms with Crippen LogP contribution in [0, 0.1) is 6.92 Å². The lowest BCUT2D eigenvalue weighted by atomic mass is 10.1. The number of halogens is 4. The minimum Gasteiger partial charge on any atom is -0.320 e. The molecule has 0 unspecified atom stereocenters. The van der Waals surface area contributed by atoms with Crippen LogP contribution in [0.1, 0.15) is 34.2 Å². The molecule has 3 aromatic rings. The van der Waals surface area contributed by atoms with Crippen molar-refractivity contribution in [2.45, 2.75) is 26.4 Å². The minimum atomic E-state index is -4.64. The van der Waals surface area contributed by atoms with Gasteiger partial charge < -0.3 is 5.32 Å². The summed E-state index contributed by atoms with van der Waals surface area (Å²) in [5.74, 6) is -0.659. The van der Waals surface area contributed by atoms with E-state index in [9.17, 15) is 18.0 Å². The van der Waals surface area contributed by atoms with Crippen LogP contribution < -0.4 is 5.32 Å². The summed E-state index contributed by atoms with van der Waals surface area (Å²) in [6.45, 7) is 3.68. The minimum absolute atomic E-state index is 0.0602. The maximum atomic E-state index is 13.2. The number of carbonyl (C=O) groups is 1. The van der Waals surface area contributed by atoms with E-state index in [0.29, 0.717) is 17.8 Å². The SMILES string of the molecule is CCc1nc2ccc(C)cn2c1C(=O)Nc1ccc(Cl)cc1C(F)(F)F. The Labute approximate surface area is 152 Å². The fraction of sp³-hybridized carbons (Fsp3) is 0.222. The van der Waals surface area contributed by atoms with Gasteiger partial charge in [0, 0.05) is 11.2 Å². The number of hydrogen-bond acceptors (Lipinski definition) is 2. The zero-order chi connectivity index (χ0) is 19.1. The summed E-state index contributed by atoms with van der Waals surface area (Å²) in [4.78, 5) is 17.2. The second-order valence-electron chi connectivity index (χ2n) is 5.84. The second kappa shape index (κ2) is 6.64. The molecule has 0 saturated carbocycles. The molecule has 0 aliphatic heterocycles. The zero-order valence-electron chi connectivity index (χ0n) is 14.0. The number of aromatic nitrogens is 2. The Kier molecular flexibility index (Phi) is 4.66. The van der Waals surface area contributed by atoms with Gasteiger partial charge in [0.1, 0.15) is 11.3 Å². The molecular formula is C18H15ClF3N3O. The molecule has 0 spiro atoms. The summed E-state index contributed by atoms with van der Waals surface area (Å²) >= 11 is 5.68. The first-order valence-corrected chi connectivity index (χ1v) is 8.24. The van der Waals surface area contributed by atoms with E-state index in [1.54, 1.807) is 16.7 Å². The van der Waals surface area contributed by atoms with Crippen LogP contribution in [0.4, 0.5) is 18.9 Å². The molecule has 0 saturated heterocycles. The van der Waals surface area contributed by atoms with E-state index in [1.165, 1.54) is 6.07 Å². The lowest BCUT2D eigenvalue weighted by Crippen LogP contribution is -2.19. The van der Waals surface area contributed by atoms with Gasteiger partial charge in [-0.15, -0.1) is 0 Å². The number of imidazole rings is 1. The van der Waals surface area contributed by atoms with E-state index in [1.807, 2.05) is 19.9 Å². The Morgan fingerprint density at radius 3 is 2.65 bits per heavy atom. The van der Waals surface area contributed by atoms with E-state index in [4.69, 9.17) is 11.6 Å². The van der Waals surface area contributed by atoms with Crippen LogP contribution in [0.25, 0.3) is 5.65 Å². The molecule has 0 fully saturated rings. The molecule has 0 radical (unpaired) electrons. The molecular weight excluding hydrogens is 367 g/mol. The monoisotopic (exact) mass is 381 g/mol. The number of aryl methyl sites for hydroxylation is 2. The van der Waals surface area contributed by atoms with Gasteiger partial charge in [-0.2, -0.15) is 13.2 Å². The standard InChI is InChI=1S/C18H15ClF3N3O/c1-3-13-16(25-9-10(2)4-7-15(25)23-13)17(26)24-14-6-5-11(19)8-12(14)18(20,21)22/h4-9H,3H2,1-2H3,(H,24,26). The third-order valence-corrected chi connectivity index (χ3v) is 4.16. The maximum absolute atomic E-state index is 13.2. The molecule has 4 nitrogen and oxygen atoms in total. The Balaban J connectivity index is 2.07. The van der Waals surface area contributed by atoms with E-state index < -0.39 is 17.6 Å². The van der Waals surface area contributed by atoms with Crippen molar-refractivity contribution in [3.8, 4) is 0 Å². The number of carbonyl (C=O) groups excluding carboxylic acids is 1. The van der Waals surface area contributed by atoms with Crippen LogP contribution in [-0.4, -0.2) is 15.3 Å². The van der Waals surface area contributed by atoms with Gasteiger partial charge in [-0.1, -0.05) is 24.6 Å². The van der Waals surface area contributed by atoms with Crippen molar-refractivity contribution in [1.29, 1.82) is 0 Å². The van der Waals surface area contributed by atoms with Crippen molar-refractivity contribution in [2.75, 3.05) is 5.32 Å². The van der Waals surface area contributed by atoms with Gasteiger partial charge in [0.2, 0.25) is 0 Å². The number of benzene rings is 1. The number of rotatable bonds is 3. The van der Waals surface area contributed by atoms with E-state index in [0.717, 1.165) is 17.7 Å². The number of hydrogen-bond donors (Lipinski definition) is 1. The molecule has 3 rings (SSSR count). The van der Waals surface area contributed by atoms with E-state index >= 15 is 0 Å². The highest BCUT2D eigenvalue weighted by Crippen LogP contribution is 2.36. The van der Waals surface area contributed by atoms with Crippen molar-refractivity contribution in [3.05, 3.63) is 64.1 Å². The molecule has 1 amide bonds. The van der Waals surface area contributed by atoms with E-state index in [-0.39, 0.29) is 16.4 Å². The number of anilines is 1. The Bertz CT molecular complexity index is 995. The lowest BCUT2D eigenvalue weighted by molar-refractivity contribution is -0.136. The first-order valence-electron chi connectivity index (χ1n) is 7.86. The van der Waals surface area contributed by atoms with Crippen LogP contribution in [0.2, 0.25) is 5.02 Å². The zero-order valence-corrected chi connectivity index (χ0v) is 14.7. The van der Waals surface area contributed by atoms with Crippen molar-refractivity contribution in [3.63, 3.8) is 0 Å². The van der Waals surface area contributed by atoms with Crippen molar-refractivity contribution < 1.29 is 18.0 Å². The van der Waals surface area contributed by atoms with Crippen LogP contribution in [0.3, 0.4) is 0 Å². The number of pyridine rings is 1. The van der Waals surface area contributed by atoms with Crippen molar-refractivity contribution in [1.82, 2.24) is 9.38 Å². The number of amides is 1. The highest BCUT2D eigenvalue weighted by Gasteiger charge is 2.34. The van der Waals surface area contributed by atoms with Gasteiger partial charge in [0.15, 0.2) is 0 Å². The average molecular weight is 382 g/mol. The quantitative estimate of drug-likeness (QED) is 0.683. The first kappa shape index (κ1) is 18.3. The van der Waals surface area contributed by atoms with Gasteiger partial charge in [-0.05, 0) is 43.2 Å². The number of nitrogens with one attached hydrogen (secondary N) is 1. The largest absolute Gasteiger partial charge is 0.418 e. The number of fused-ring (bicyclic) bond motifs is 1. The third-order valence-electron chi connectivity index (χ3n) is 3.92. The summed E-state index contributed by atoms with van der Waals surface area (Å²) < 4.78 is 41.3. The van der Waals surface area contributed by atoms with Crippen LogP contribution in [0.15, 0.2) is 36.5 Å². The lowest BCUT2D eigenvalue weighted by Gasteiger charge is -2.14. The Morgan fingerprint density at radius 2 is 2.00 bits per heavy atom. The molecule has 1 aromatic carbocycles. The van der Waals surface area contributed by atoms with Gasteiger partial charge in [0.25, 0.3) is 5.91 Å². The molecule has 2 heterocycles. The molecule has 0 aliphatic carbocycles. The Morgan fingerprint density at radius 1 is 1.27 bits per heavy atom. The van der Waals surface area contributed by atoms with Crippen LogP contribution >= 0.6 is 11.6 Å². The Hall–Kier alpha value is -2.54. The molecule has 2 aromatic heterocycles. The summed E-state index contributed by atoms with van der Waals surface area (Å²) in [6.07, 6.45) is -2.45. The van der Waals surface area contributed by atoms with Crippen molar-refractivity contribution in [2.24, 2.45) is 0 Å². The topological polar surface area (TPSA) is 46.4 Å². The van der Waals surface area contributed by atoms with Crippen LogP contribution in [0.5, 0.6) is 0 Å². The summed E-state index contributed by atoms with van der Waals surface area (Å²) in [7, 11) is 0. The van der Waals surface area contributed by atoms with Gasteiger partial charge >= 0.3 is 6.18 Å². The molecule has 0 aliphatic rings. The smallest absolute Gasteiger partial charge is 0.320 e. The fourth-order valence-corrected chi connectivity index (χ4v) is 2.90. The van der Waals surface area contributed by atoms with E-state index in [2.05, 4.69) is 10.3 Å². The van der Waals surface area contributed by atoms with Crippen molar-refractivity contribution >= 4 is 28.8 Å². The highest BCUT2D eigenvalue weighted by atomic mass is 35.5. The number of nitrogens with zero attached hydrogens (tertiary/aromatic N) is 2. The van der Waals surface area contributed by atoms with Gasteiger partial charge in [0.05, 0.1) is 16.9 Å².